The van der Waals surface area contributed by atoms with E-state index < -0.39 is 17.5 Å². The van der Waals surface area contributed by atoms with Gasteiger partial charge in [-0.15, -0.1) is 6.58 Å². The van der Waals surface area contributed by atoms with Gasteiger partial charge in [-0.1, -0.05) is 19.6 Å². The Morgan fingerprint density at radius 1 is 1.62 bits per heavy atom. The summed E-state index contributed by atoms with van der Waals surface area (Å²) in [5, 5.41) is 17.4. The minimum atomic E-state index is -0.862. The minimum absolute atomic E-state index is 0.0187. The Kier molecular flexibility index (Phi) is 6.00. The highest BCUT2D eigenvalue weighted by molar-refractivity contribution is 5.68. The smallest absolute Gasteiger partial charge is 0.304 e. The van der Waals surface area contributed by atoms with Crippen molar-refractivity contribution < 1.29 is 20.0 Å². The van der Waals surface area contributed by atoms with Gasteiger partial charge in [-0.25, -0.2) is 4.89 Å². The summed E-state index contributed by atoms with van der Waals surface area (Å²) < 4.78 is 0. The molecule has 0 amide bonds. The Bertz CT molecular complexity index is 272. The van der Waals surface area contributed by atoms with Crippen LogP contribution in [0.1, 0.15) is 33.1 Å². The van der Waals surface area contributed by atoms with Gasteiger partial charge in [0.15, 0.2) is 0 Å². The van der Waals surface area contributed by atoms with Crippen molar-refractivity contribution in [2.45, 2.75) is 39.2 Å². The van der Waals surface area contributed by atoms with Gasteiger partial charge in [0.05, 0.1) is 6.42 Å². The van der Waals surface area contributed by atoms with Crippen molar-refractivity contribution in [3.63, 3.8) is 0 Å². The van der Waals surface area contributed by atoms with E-state index >= 15 is 0 Å². The first-order chi connectivity index (χ1) is 7.34. The molecule has 0 bridgehead atoms. The van der Waals surface area contributed by atoms with Crippen molar-refractivity contribution in [2.24, 2.45) is 5.41 Å². The third-order valence-corrected chi connectivity index (χ3v) is 2.70. The number of carboxylic acids is 1. The summed E-state index contributed by atoms with van der Waals surface area (Å²) in [5.74, 6) is -0.862. The zero-order valence-corrected chi connectivity index (χ0v) is 9.90. The first kappa shape index (κ1) is 14.9. The molecule has 0 saturated carbocycles. The van der Waals surface area contributed by atoms with E-state index in [1.54, 1.807) is 13.0 Å². The molecule has 0 aliphatic carbocycles. The number of hydrogen-bond donors (Lipinski definition) is 2. The third-order valence-electron chi connectivity index (χ3n) is 2.70. The first-order valence-corrected chi connectivity index (χ1v) is 5.15. The Morgan fingerprint density at radius 3 is 2.50 bits per heavy atom. The Labute approximate surface area is 96.2 Å². The number of hydrogen-bond acceptors (Lipinski definition) is 3. The summed E-state index contributed by atoms with van der Waals surface area (Å²) in [6, 6.07) is 0. The van der Waals surface area contributed by atoms with E-state index in [9.17, 15) is 4.79 Å². The molecule has 0 saturated heterocycles. The van der Waals surface area contributed by atoms with Crippen LogP contribution in [0.15, 0.2) is 24.8 Å². The predicted molar refractivity (Wildman–Crippen MR) is 62.1 cm³/mol. The molecule has 2 unspecified atom stereocenters. The molecule has 0 radical (unpaired) electrons. The molecule has 0 fully saturated rings. The Morgan fingerprint density at radius 2 is 2.19 bits per heavy atom. The molecule has 2 N–H and O–H groups in total. The van der Waals surface area contributed by atoms with Gasteiger partial charge in [0.2, 0.25) is 0 Å². The van der Waals surface area contributed by atoms with Crippen molar-refractivity contribution >= 4 is 5.97 Å². The van der Waals surface area contributed by atoms with Gasteiger partial charge in [0.25, 0.3) is 0 Å². The zero-order valence-electron chi connectivity index (χ0n) is 9.90. The van der Waals surface area contributed by atoms with Crippen LogP contribution in [-0.2, 0) is 9.68 Å². The van der Waals surface area contributed by atoms with E-state index in [4.69, 9.17) is 10.4 Å². The summed E-state index contributed by atoms with van der Waals surface area (Å²) in [7, 11) is 0. The lowest BCUT2D eigenvalue weighted by Crippen LogP contribution is -2.22. The van der Waals surface area contributed by atoms with Gasteiger partial charge in [-0.3, -0.25) is 10.1 Å². The SMILES string of the molecule is C=CC(C)(CCC(OO)C(=C)C)CC(=O)O. The average molecular weight is 228 g/mol. The minimum Gasteiger partial charge on any atom is -0.481 e. The Balaban J connectivity index is 4.37. The van der Waals surface area contributed by atoms with Crippen LogP contribution in [0.2, 0.25) is 0 Å². The molecule has 16 heavy (non-hydrogen) atoms. The molecule has 0 aromatic carbocycles. The molecule has 0 aliphatic heterocycles. The van der Waals surface area contributed by atoms with Crippen LogP contribution in [0.5, 0.6) is 0 Å². The van der Waals surface area contributed by atoms with Crippen LogP contribution in [0.3, 0.4) is 0 Å². The molecular weight excluding hydrogens is 208 g/mol. The monoisotopic (exact) mass is 228 g/mol. The molecular formula is C12H20O4. The van der Waals surface area contributed by atoms with Crippen LogP contribution in [0.25, 0.3) is 0 Å². The molecule has 0 aromatic heterocycles. The lowest BCUT2D eigenvalue weighted by molar-refractivity contribution is -0.270. The highest BCUT2D eigenvalue weighted by Crippen LogP contribution is 2.30. The second-order valence-electron chi connectivity index (χ2n) is 4.41. The number of allylic oxidation sites excluding steroid dienone is 1. The van der Waals surface area contributed by atoms with Gasteiger partial charge < -0.3 is 5.11 Å². The maximum atomic E-state index is 10.7. The number of carboxylic acid groups (broad SMARTS) is 1. The Hall–Kier alpha value is -1.13. The van der Waals surface area contributed by atoms with Crippen LogP contribution in [0.4, 0.5) is 0 Å². The van der Waals surface area contributed by atoms with Crippen molar-refractivity contribution in [3.8, 4) is 0 Å². The summed E-state index contributed by atoms with van der Waals surface area (Å²) in [6.07, 6.45) is 2.29. The van der Waals surface area contributed by atoms with E-state index in [0.29, 0.717) is 18.4 Å². The van der Waals surface area contributed by atoms with Crippen molar-refractivity contribution in [3.05, 3.63) is 24.8 Å². The zero-order chi connectivity index (χ0) is 12.8. The van der Waals surface area contributed by atoms with Gasteiger partial charge in [-0.05, 0) is 30.8 Å². The topological polar surface area (TPSA) is 66.8 Å². The van der Waals surface area contributed by atoms with Crippen molar-refractivity contribution in [2.75, 3.05) is 0 Å². The van der Waals surface area contributed by atoms with Crippen LogP contribution in [0, 0.1) is 5.41 Å². The number of rotatable bonds is 8. The molecule has 4 heteroatoms. The highest BCUT2D eigenvalue weighted by Gasteiger charge is 2.25. The molecule has 0 aromatic rings. The number of aliphatic carboxylic acids is 1. The average Bonchev–Trinajstić information content (AvgIpc) is 2.17. The van der Waals surface area contributed by atoms with E-state index in [0.717, 1.165) is 0 Å². The molecule has 2 atom stereocenters. The fourth-order valence-electron chi connectivity index (χ4n) is 1.46. The van der Waals surface area contributed by atoms with Gasteiger partial charge in [0.1, 0.15) is 6.10 Å². The summed E-state index contributed by atoms with van der Waals surface area (Å²) in [4.78, 5) is 15.0. The number of carbonyl (C=O) groups is 1. The third kappa shape index (κ3) is 5.09. The van der Waals surface area contributed by atoms with E-state index in [2.05, 4.69) is 18.0 Å². The fourth-order valence-corrected chi connectivity index (χ4v) is 1.46. The second kappa shape index (κ2) is 6.45. The highest BCUT2D eigenvalue weighted by atomic mass is 17.1. The predicted octanol–water partition coefficient (Wildman–Crippen LogP) is 2.87. The lowest BCUT2D eigenvalue weighted by atomic mass is 9.81. The van der Waals surface area contributed by atoms with Crippen LogP contribution in [-0.4, -0.2) is 22.4 Å². The quantitative estimate of drug-likeness (QED) is 0.381. The second-order valence-corrected chi connectivity index (χ2v) is 4.41. The van der Waals surface area contributed by atoms with E-state index in [1.807, 2.05) is 6.92 Å². The normalized spacial score (nSPS) is 16.2. The molecule has 0 heterocycles. The molecule has 92 valence electrons. The standard InChI is InChI=1S/C12H20O4/c1-5-12(4,8-11(13)14)7-6-10(16-15)9(2)3/h5,10,15H,1-2,6-8H2,3-4H3,(H,13,14). The molecule has 0 rings (SSSR count). The van der Waals surface area contributed by atoms with E-state index in [1.165, 1.54) is 0 Å². The van der Waals surface area contributed by atoms with Gasteiger partial charge in [0, 0.05) is 0 Å². The van der Waals surface area contributed by atoms with Crippen LogP contribution < -0.4 is 0 Å². The van der Waals surface area contributed by atoms with Crippen molar-refractivity contribution in [1.82, 2.24) is 0 Å². The van der Waals surface area contributed by atoms with Crippen molar-refractivity contribution in [1.29, 1.82) is 0 Å². The maximum Gasteiger partial charge on any atom is 0.304 e. The molecule has 4 nitrogen and oxygen atoms in total. The van der Waals surface area contributed by atoms with Gasteiger partial charge >= 0.3 is 5.97 Å². The summed E-state index contributed by atoms with van der Waals surface area (Å²) in [6.45, 7) is 10.9. The summed E-state index contributed by atoms with van der Waals surface area (Å²) >= 11 is 0. The fraction of sp³-hybridized carbons (Fsp3) is 0.583. The first-order valence-electron chi connectivity index (χ1n) is 5.15. The summed E-state index contributed by atoms with van der Waals surface area (Å²) in [5.41, 5.74) is 0.224. The van der Waals surface area contributed by atoms with Crippen LogP contribution >= 0.6 is 0 Å². The largest absolute Gasteiger partial charge is 0.481 e. The van der Waals surface area contributed by atoms with E-state index in [-0.39, 0.29) is 6.42 Å². The lowest BCUT2D eigenvalue weighted by Gasteiger charge is -2.25. The maximum absolute atomic E-state index is 10.7. The van der Waals surface area contributed by atoms with Gasteiger partial charge in [-0.2, -0.15) is 0 Å². The molecule has 0 aliphatic rings. The molecule has 0 spiro atoms.